The Kier molecular flexibility index (Phi) is 4.59. The summed E-state index contributed by atoms with van der Waals surface area (Å²) in [5.41, 5.74) is 2.92. The molecule has 0 fully saturated rings. The second kappa shape index (κ2) is 6.84. The monoisotopic (exact) mass is 346 g/mol. The first-order valence-electron chi connectivity index (χ1n) is 8.15. The molecule has 0 aromatic heterocycles. The summed E-state index contributed by atoms with van der Waals surface area (Å²) in [6, 6.07) is 15.9. The minimum atomic E-state index is -0.316. The van der Waals surface area contributed by atoms with E-state index in [9.17, 15) is 19.8 Å². The van der Waals surface area contributed by atoms with Crippen LogP contribution < -0.4 is 0 Å². The van der Waals surface area contributed by atoms with Gasteiger partial charge in [0, 0.05) is 11.1 Å². The minimum Gasteiger partial charge on any atom is -0.507 e. The standard InChI is InChI=1S/C22H18O4/c1-13-3-9-19(23)17(11-13)21(25)15-5-7-16(8-6-15)22(26)18-12-14(2)4-10-20(18)24/h3-12,23-24H,1-2H3. The summed E-state index contributed by atoms with van der Waals surface area (Å²) in [5, 5.41) is 19.8. The van der Waals surface area contributed by atoms with E-state index in [1.165, 1.54) is 12.1 Å². The summed E-state index contributed by atoms with van der Waals surface area (Å²) in [4.78, 5) is 25.2. The molecule has 3 aromatic carbocycles. The molecule has 2 N–H and O–H groups in total. The minimum absolute atomic E-state index is 0.0783. The van der Waals surface area contributed by atoms with E-state index in [-0.39, 0.29) is 34.2 Å². The van der Waals surface area contributed by atoms with Crippen molar-refractivity contribution in [2.45, 2.75) is 13.8 Å². The SMILES string of the molecule is Cc1ccc(O)c(C(=O)c2ccc(C(=O)c3cc(C)ccc3O)cc2)c1. The van der Waals surface area contributed by atoms with Crippen LogP contribution in [0.25, 0.3) is 0 Å². The van der Waals surface area contributed by atoms with Crippen molar-refractivity contribution >= 4 is 11.6 Å². The van der Waals surface area contributed by atoms with Gasteiger partial charge in [0.15, 0.2) is 11.6 Å². The summed E-state index contributed by atoms with van der Waals surface area (Å²) in [6.07, 6.45) is 0. The van der Waals surface area contributed by atoms with Crippen LogP contribution in [0.4, 0.5) is 0 Å². The highest BCUT2D eigenvalue weighted by atomic mass is 16.3. The highest BCUT2D eigenvalue weighted by Crippen LogP contribution is 2.24. The Balaban J connectivity index is 1.91. The molecule has 0 bridgehead atoms. The quantitative estimate of drug-likeness (QED) is 0.695. The molecule has 0 saturated heterocycles. The molecular weight excluding hydrogens is 328 g/mol. The van der Waals surface area contributed by atoms with E-state index in [1.807, 2.05) is 13.8 Å². The third-order valence-electron chi connectivity index (χ3n) is 4.20. The molecule has 4 heteroatoms. The molecule has 0 spiro atoms. The number of carbonyl (C=O) groups is 2. The van der Waals surface area contributed by atoms with Gasteiger partial charge < -0.3 is 10.2 Å². The maximum atomic E-state index is 12.6. The predicted octanol–water partition coefficient (Wildman–Crippen LogP) is 4.18. The largest absolute Gasteiger partial charge is 0.507 e. The van der Waals surface area contributed by atoms with Crippen LogP contribution in [0.1, 0.15) is 43.0 Å². The van der Waals surface area contributed by atoms with Crippen LogP contribution in [0.5, 0.6) is 11.5 Å². The van der Waals surface area contributed by atoms with E-state index < -0.39 is 0 Å². The molecule has 0 aliphatic carbocycles. The Morgan fingerprint density at radius 1 is 0.615 bits per heavy atom. The summed E-state index contributed by atoms with van der Waals surface area (Å²) in [7, 11) is 0. The van der Waals surface area contributed by atoms with Crippen LogP contribution in [-0.2, 0) is 0 Å². The van der Waals surface area contributed by atoms with E-state index in [2.05, 4.69) is 0 Å². The smallest absolute Gasteiger partial charge is 0.196 e. The van der Waals surface area contributed by atoms with E-state index in [4.69, 9.17) is 0 Å². The first-order chi connectivity index (χ1) is 12.4. The number of rotatable bonds is 4. The number of phenolic OH excluding ortho intramolecular Hbond substituents is 2. The van der Waals surface area contributed by atoms with Gasteiger partial charge in [0.05, 0.1) is 11.1 Å². The van der Waals surface area contributed by atoms with Crippen LogP contribution in [0.15, 0.2) is 60.7 Å². The number of aromatic hydroxyl groups is 2. The van der Waals surface area contributed by atoms with Gasteiger partial charge >= 0.3 is 0 Å². The van der Waals surface area contributed by atoms with Gasteiger partial charge in [-0.1, -0.05) is 47.5 Å². The molecule has 0 atom stereocenters. The fourth-order valence-electron chi connectivity index (χ4n) is 2.75. The molecule has 3 aromatic rings. The number of benzene rings is 3. The number of ketones is 2. The normalized spacial score (nSPS) is 10.5. The summed E-state index contributed by atoms with van der Waals surface area (Å²) in [5.74, 6) is -0.789. The number of carbonyl (C=O) groups excluding carboxylic acids is 2. The topological polar surface area (TPSA) is 74.6 Å². The van der Waals surface area contributed by atoms with Gasteiger partial charge in [0.25, 0.3) is 0 Å². The molecule has 130 valence electrons. The van der Waals surface area contributed by atoms with Crippen LogP contribution in [0.2, 0.25) is 0 Å². The third kappa shape index (κ3) is 3.35. The van der Waals surface area contributed by atoms with E-state index in [0.717, 1.165) is 11.1 Å². The molecule has 0 amide bonds. The Bertz CT molecular complexity index is 919. The third-order valence-corrected chi connectivity index (χ3v) is 4.20. The van der Waals surface area contributed by atoms with Gasteiger partial charge in [-0.2, -0.15) is 0 Å². The fraction of sp³-hybridized carbons (Fsp3) is 0.0909. The zero-order chi connectivity index (χ0) is 18.8. The van der Waals surface area contributed by atoms with Gasteiger partial charge in [-0.3, -0.25) is 9.59 Å². The van der Waals surface area contributed by atoms with Crippen molar-refractivity contribution in [2.75, 3.05) is 0 Å². The van der Waals surface area contributed by atoms with Crippen molar-refractivity contribution in [1.82, 2.24) is 0 Å². The first kappa shape index (κ1) is 17.4. The number of hydrogen-bond acceptors (Lipinski definition) is 4. The Morgan fingerprint density at radius 2 is 0.962 bits per heavy atom. The molecule has 0 unspecified atom stereocenters. The molecule has 0 heterocycles. The molecule has 0 saturated carbocycles. The molecule has 3 rings (SSSR count). The van der Waals surface area contributed by atoms with Crippen molar-refractivity contribution in [3.8, 4) is 11.5 Å². The average molecular weight is 346 g/mol. The molecule has 0 radical (unpaired) electrons. The van der Waals surface area contributed by atoms with Crippen molar-refractivity contribution in [3.05, 3.63) is 94.0 Å². The van der Waals surface area contributed by atoms with Gasteiger partial charge in [0.1, 0.15) is 11.5 Å². The van der Waals surface area contributed by atoms with Crippen LogP contribution in [0, 0.1) is 13.8 Å². The molecular formula is C22H18O4. The molecule has 0 aliphatic rings. The summed E-state index contributed by atoms with van der Waals surface area (Å²) >= 11 is 0. The predicted molar refractivity (Wildman–Crippen MR) is 99.0 cm³/mol. The second-order valence-electron chi connectivity index (χ2n) is 6.28. The first-order valence-corrected chi connectivity index (χ1v) is 8.15. The fourth-order valence-corrected chi connectivity index (χ4v) is 2.75. The highest BCUT2D eigenvalue weighted by Gasteiger charge is 2.17. The van der Waals surface area contributed by atoms with Crippen LogP contribution in [0.3, 0.4) is 0 Å². The molecule has 0 aliphatic heterocycles. The number of phenols is 2. The molecule has 4 nitrogen and oxygen atoms in total. The average Bonchev–Trinajstić information content (AvgIpc) is 2.64. The zero-order valence-electron chi connectivity index (χ0n) is 14.5. The van der Waals surface area contributed by atoms with Gasteiger partial charge in [0.2, 0.25) is 0 Å². The van der Waals surface area contributed by atoms with Crippen molar-refractivity contribution in [3.63, 3.8) is 0 Å². The lowest BCUT2D eigenvalue weighted by Crippen LogP contribution is -2.05. The maximum absolute atomic E-state index is 12.6. The van der Waals surface area contributed by atoms with Crippen LogP contribution in [-0.4, -0.2) is 21.8 Å². The van der Waals surface area contributed by atoms with Crippen molar-refractivity contribution in [1.29, 1.82) is 0 Å². The van der Waals surface area contributed by atoms with Crippen LogP contribution >= 0.6 is 0 Å². The summed E-state index contributed by atoms with van der Waals surface area (Å²) in [6.45, 7) is 3.68. The Hall–Kier alpha value is -3.40. The number of hydrogen-bond donors (Lipinski definition) is 2. The summed E-state index contributed by atoms with van der Waals surface area (Å²) < 4.78 is 0. The van der Waals surface area contributed by atoms with Gasteiger partial charge in [-0.05, 0) is 38.1 Å². The maximum Gasteiger partial charge on any atom is 0.196 e. The van der Waals surface area contributed by atoms with Gasteiger partial charge in [-0.25, -0.2) is 0 Å². The lowest BCUT2D eigenvalue weighted by Gasteiger charge is -2.08. The van der Waals surface area contributed by atoms with Crippen molar-refractivity contribution in [2.24, 2.45) is 0 Å². The van der Waals surface area contributed by atoms with Gasteiger partial charge in [-0.15, -0.1) is 0 Å². The van der Waals surface area contributed by atoms with E-state index >= 15 is 0 Å². The van der Waals surface area contributed by atoms with E-state index in [0.29, 0.717) is 11.1 Å². The second-order valence-corrected chi connectivity index (χ2v) is 6.28. The Labute approximate surface area is 151 Å². The van der Waals surface area contributed by atoms with E-state index in [1.54, 1.807) is 48.5 Å². The zero-order valence-corrected chi connectivity index (χ0v) is 14.5. The lowest BCUT2D eigenvalue weighted by atomic mass is 9.96. The lowest BCUT2D eigenvalue weighted by molar-refractivity contribution is 0.102. The number of aryl methyl sites for hydroxylation is 2. The van der Waals surface area contributed by atoms with Crippen molar-refractivity contribution < 1.29 is 19.8 Å². The Morgan fingerprint density at radius 3 is 1.31 bits per heavy atom. The highest BCUT2D eigenvalue weighted by molar-refractivity contribution is 6.13. The molecule has 26 heavy (non-hydrogen) atoms.